The molecule has 0 aliphatic rings. The maximum Gasteiger partial charge on any atom is 0.242 e. The number of nitrogens with two attached hydrogens (primary N) is 1. The lowest BCUT2D eigenvalue weighted by atomic mass is 10.2. The molecule has 2 aromatic rings. The molecule has 0 amide bonds. The zero-order valence-electron chi connectivity index (χ0n) is 11.5. The monoisotopic (exact) mass is 306 g/mol. The van der Waals surface area contributed by atoms with Crippen molar-refractivity contribution < 1.29 is 12.8 Å². The van der Waals surface area contributed by atoms with E-state index in [0.29, 0.717) is 17.1 Å². The highest BCUT2D eigenvalue weighted by atomic mass is 32.2. The van der Waals surface area contributed by atoms with Gasteiger partial charge in [0.15, 0.2) is 0 Å². The Morgan fingerprint density at radius 1 is 1.43 bits per heavy atom. The lowest BCUT2D eigenvalue weighted by Gasteiger charge is -2.07. The molecule has 8 heteroatoms. The third kappa shape index (κ3) is 3.21. The smallest absolute Gasteiger partial charge is 0.242 e. The Labute approximate surface area is 122 Å². The highest BCUT2D eigenvalue weighted by molar-refractivity contribution is 7.89. The van der Waals surface area contributed by atoms with Gasteiger partial charge < -0.3 is 10.2 Å². The number of aromatic nitrogens is 1. The third-order valence-electron chi connectivity index (χ3n) is 2.90. The number of nitrogens with zero attached hydrogens (tertiary/aromatic N) is 2. The predicted octanol–water partition coefficient (Wildman–Crippen LogP) is 1.22. The van der Waals surface area contributed by atoms with E-state index in [4.69, 9.17) is 15.4 Å². The van der Waals surface area contributed by atoms with Crippen molar-refractivity contribution >= 4 is 15.7 Å². The van der Waals surface area contributed by atoms with Gasteiger partial charge in [0, 0.05) is 5.69 Å². The maximum absolute atomic E-state index is 12.2. The SMILES string of the molecule is Cc1nc(CNS(=O)(=O)c2ccc(N)cc2C#N)oc1C. The van der Waals surface area contributed by atoms with Gasteiger partial charge in [-0.25, -0.2) is 18.1 Å². The van der Waals surface area contributed by atoms with Gasteiger partial charge in [-0.2, -0.15) is 5.26 Å². The van der Waals surface area contributed by atoms with Crippen LogP contribution >= 0.6 is 0 Å². The van der Waals surface area contributed by atoms with Gasteiger partial charge in [0.2, 0.25) is 15.9 Å². The van der Waals surface area contributed by atoms with Gasteiger partial charge in [-0.1, -0.05) is 0 Å². The standard InChI is InChI=1S/C13H14N4O3S/c1-8-9(2)20-13(17-8)7-16-21(18,19)12-4-3-11(15)5-10(12)6-14/h3-5,16H,7,15H2,1-2H3. The molecule has 0 aliphatic carbocycles. The largest absolute Gasteiger partial charge is 0.444 e. The van der Waals surface area contributed by atoms with Crippen molar-refractivity contribution in [2.75, 3.05) is 5.73 Å². The second-order valence-electron chi connectivity index (χ2n) is 4.44. The number of nitrogens with one attached hydrogen (secondary N) is 1. The molecule has 0 saturated heterocycles. The predicted molar refractivity (Wildman–Crippen MR) is 75.6 cm³/mol. The minimum atomic E-state index is -3.85. The molecular formula is C13H14N4O3S. The number of anilines is 1. The molecule has 7 nitrogen and oxygen atoms in total. The van der Waals surface area contributed by atoms with E-state index < -0.39 is 10.0 Å². The van der Waals surface area contributed by atoms with E-state index in [1.807, 2.05) is 6.07 Å². The van der Waals surface area contributed by atoms with Gasteiger partial charge in [0.25, 0.3) is 0 Å². The van der Waals surface area contributed by atoms with Gasteiger partial charge in [0.05, 0.1) is 22.7 Å². The topological polar surface area (TPSA) is 122 Å². The maximum atomic E-state index is 12.2. The molecule has 2 rings (SSSR count). The van der Waals surface area contributed by atoms with Crippen molar-refractivity contribution in [2.24, 2.45) is 0 Å². The zero-order valence-corrected chi connectivity index (χ0v) is 12.4. The molecule has 0 unspecified atom stereocenters. The van der Waals surface area contributed by atoms with Crippen LogP contribution in [0.25, 0.3) is 0 Å². The molecule has 3 N–H and O–H groups in total. The molecule has 0 radical (unpaired) electrons. The first-order valence-corrected chi connectivity index (χ1v) is 7.54. The molecular weight excluding hydrogens is 292 g/mol. The average molecular weight is 306 g/mol. The molecule has 110 valence electrons. The van der Waals surface area contributed by atoms with Crippen LogP contribution in [0, 0.1) is 25.2 Å². The first-order chi connectivity index (χ1) is 9.83. The summed E-state index contributed by atoms with van der Waals surface area (Å²) in [6.07, 6.45) is 0. The summed E-state index contributed by atoms with van der Waals surface area (Å²) in [6, 6.07) is 5.85. The molecule has 0 spiro atoms. The van der Waals surface area contributed by atoms with Gasteiger partial charge >= 0.3 is 0 Å². The second kappa shape index (κ2) is 5.55. The molecule has 1 aromatic heterocycles. The number of nitriles is 1. The summed E-state index contributed by atoms with van der Waals surface area (Å²) >= 11 is 0. The van der Waals surface area contributed by atoms with Crippen LogP contribution in [0.4, 0.5) is 5.69 Å². The van der Waals surface area contributed by atoms with E-state index in [1.54, 1.807) is 13.8 Å². The molecule has 0 atom stereocenters. The van der Waals surface area contributed by atoms with Crippen LogP contribution in [-0.2, 0) is 16.6 Å². The summed E-state index contributed by atoms with van der Waals surface area (Å²) in [7, 11) is -3.85. The molecule has 1 heterocycles. The summed E-state index contributed by atoms with van der Waals surface area (Å²) < 4.78 is 32.1. The van der Waals surface area contributed by atoms with Crippen LogP contribution < -0.4 is 10.5 Å². The fourth-order valence-corrected chi connectivity index (χ4v) is 2.83. The lowest BCUT2D eigenvalue weighted by Crippen LogP contribution is -2.24. The molecule has 0 fully saturated rings. The number of rotatable bonds is 4. The normalized spacial score (nSPS) is 11.3. The quantitative estimate of drug-likeness (QED) is 0.819. The number of nitrogen functional groups attached to an aromatic ring is 1. The molecule has 0 aliphatic heterocycles. The zero-order chi connectivity index (χ0) is 15.6. The van der Waals surface area contributed by atoms with E-state index in [0.717, 1.165) is 0 Å². The van der Waals surface area contributed by atoms with Crippen LogP contribution in [0.1, 0.15) is 22.9 Å². The summed E-state index contributed by atoms with van der Waals surface area (Å²) in [5.74, 6) is 0.900. The molecule has 0 bridgehead atoms. The highest BCUT2D eigenvalue weighted by Gasteiger charge is 2.19. The number of benzene rings is 1. The Morgan fingerprint density at radius 3 is 2.71 bits per heavy atom. The van der Waals surface area contributed by atoms with E-state index in [2.05, 4.69) is 9.71 Å². The molecule has 0 saturated carbocycles. The van der Waals surface area contributed by atoms with Crippen LogP contribution in [0.5, 0.6) is 0 Å². The molecule has 1 aromatic carbocycles. The number of hydrogen-bond donors (Lipinski definition) is 2. The van der Waals surface area contributed by atoms with Crippen molar-refractivity contribution in [3.8, 4) is 6.07 Å². The summed E-state index contributed by atoms with van der Waals surface area (Å²) in [5, 5.41) is 9.00. The Kier molecular flexibility index (Phi) is 3.97. The van der Waals surface area contributed by atoms with E-state index in [1.165, 1.54) is 18.2 Å². The van der Waals surface area contributed by atoms with Crippen molar-refractivity contribution in [3.63, 3.8) is 0 Å². The van der Waals surface area contributed by atoms with Crippen molar-refractivity contribution in [3.05, 3.63) is 41.1 Å². The highest BCUT2D eigenvalue weighted by Crippen LogP contribution is 2.18. The van der Waals surface area contributed by atoms with Gasteiger partial charge in [-0.15, -0.1) is 0 Å². The summed E-state index contributed by atoms with van der Waals surface area (Å²) in [4.78, 5) is 3.96. The Bertz CT molecular complexity index is 799. The second-order valence-corrected chi connectivity index (χ2v) is 6.18. The van der Waals surface area contributed by atoms with Gasteiger partial charge in [-0.3, -0.25) is 0 Å². The van der Waals surface area contributed by atoms with E-state index >= 15 is 0 Å². The Balaban J connectivity index is 2.25. The fourth-order valence-electron chi connectivity index (χ4n) is 1.72. The minimum Gasteiger partial charge on any atom is -0.444 e. The van der Waals surface area contributed by atoms with Crippen molar-refractivity contribution in [1.29, 1.82) is 5.26 Å². The van der Waals surface area contributed by atoms with Crippen LogP contribution in [0.3, 0.4) is 0 Å². The number of aryl methyl sites for hydroxylation is 2. The third-order valence-corrected chi connectivity index (χ3v) is 4.36. The summed E-state index contributed by atoms with van der Waals surface area (Å²) in [5.41, 5.74) is 6.55. The Morgan fingerprint density at radius 2 is 2.14 bits per heavy atom. The van der Waals surface area contributed by atoms with Crippen molar-refractivity contribution in [1.82, 2.24) is 9.71 Å². The average Bonchev–Trinajstić information content (AvgIpc) is 2.75. The van der Waals surface area contributed by atoms with Crippen LogP contribution in [0.15, 0.2) is 27.5 Å². The molecule has 21 heavy (non-hydrogen) atoms. The van der Waals surface area contributed by atoms with Gasteiger partial charge in [-0.05, 0) is 32.0 Å². The number of hydrogen-bond acceptors (Lipinski definition) is 6. The fraction of sp³-hybridized carbons (Fsp3) is 0.231. The first-order valence-electron chi connectivity index (χ1n) is 6.05. The van der Waals surface area contributed by atoms with E-state index in [-0.39, 0.29) is 22.9 Å². The van der Waals surface area contributed by atoms with Crippen LogP contribution in [0.2, 0.25) is 0 Å². The summed E-state index contributed by atoms with van der Waals surface area (Å²) in [6.45, 7) is 3.42. The lowest BCUT2D eigenvalue weighted by molar-refractivity contribution is 0.463. The van der Waals surface area contributed by atoms with E-state index in [9.17, 15) is 8.42 Å². The van der Waals surface area contributed by atoms with Crippen LogP contribution in [-0.4, -0.2) is 13.4 Å². The van der Waals surface area contributed by atoms with Gasteiger partial charge in [0.1, 0.15) is 11.8 Å². The Hall–Kier alpha value is -2.37. The van der Waals surface area contributed by atoms with Crippen molar-refractivity contribution in [2.45, 2.75) is 25.3 Å². The number of oxazole rings is 1. The first kappa shape index (κ1) is 15.0. The number of sulfonamides is 1. The minimum absolute atomic E-state index is 0.0118.